The number of fused-ring (bicyclic) bond motifs is 1. The molecule has 0 radical (unpaired) electrons. The quantitative estimate of drug-likeness (QED) is 0.235. The molecule has 4 aromatic carbocycles. The van der Waals surface area contributed by atoms with E-state index in [1.165, 1.54) is 11.3 Å². The highest BCUT2D eigenvalue weighted by Crippen LogP contribution is 2.41. The maximum atomic E-state index is 13.3. The highest BCUT2D eigenvalue weighted by Gasteiger charge is 2.22. The van der Waals surface area contributed by atoms with E-state index in [2.05, 4.69) is 5.32 Å². The summed E-state index contributed by atoms with van der Waals surface area (Å²) in [7, 11) is 0. The number of pyridine rings is 1. The van der Waals surface area contributed by atoms with Gasteiger partial charge in [-0.15, -0.1) is 11.3 Å². The monoisotopic (exact) mass is 513 g/mol. The van der Waals surface area contributed by atoms with Crippen LogP contribution in [0.1, 0.15) is 9.67 Å². The first-order valence-corrected chi connectivity index (χ1v) is 13.0. The van der Waals surface area contributed by atoms with Crippen LogP contribution in [0.5, 0.6) is 11.5 Å². The molecule has 0 unspecified atom stereocenters. The molecular weight excluding hydrogens is 490 g/mol. The molecule has 0 bridgehead atoms. The summed E-state index contributed by atoms with van der Waals surface area (Å²) < 4.78 is 5.85. The molecule has 3 N–H and O–H groups in total. The van der Waals surface area contributed by atoms with Crippen molar-refractivity contribution in [2.75, 3.05) is 11.1 Å². The molecule has 2 heterocycles. The smallest absolute Gasteiger partial charge is 0.267 e. The number of rotatable bonds is 6. The fraction of sp³-hybridized carbons (Fsp3) is 0. The molecular formula is C32H23N3O2S. The number of carbonyl (C=O) groups excluding carboxylic acids is 1. The molecule has 0 atom stereocenters. The third kappa shape index (κ3) is 4.73. The van der Waals surface area contributed by atoms with Gasteiger partial charge in [-0.05, 0) is 53.6 Å². The van der Waals surface area contributed by atoms with E-state index in [1.54, 1.807) is 12.1 Å². The molecule has 0 aliphatic rings. The average Bonchev–Trinajstić information content (AvgIpc) is 3.31. The normalized spacial score (nSPS) is 10.8. The van der Waals surface area contributed by atoms with Crippen LogP contribution in [0.2, 0.25) is 0 Å². The SMILES string of the molecule is Nc1c(C(=O)Nc2ccc(Oc3ccccc3)cc2)sc2nc(-c3ccccc3)cc(-c3ccccc3)c12. The van der Waals surface area contributed by atoms with Crippen molar-refractivity contribution in [1.29, 1.82) is 0 Å². The van der Waals surface area contributed by atoms with Crippen molar-refractivity contribution in [2.24, 2.45) is 0 Å². The summed E-state index contributed by atoms with van der Waals surface area (Å²) in [5.41, 5.74) is 11.5. The summed E-state index contributed by atoms with van der Waals surface area (Å²) in [4.78, 5) is 19.4. The van der Waals surface area contributed by atoms with Gasteiger partial charge < -0.3 is 15.8 Å². The molecule has 0 saturated carbocycles. The first-order chi connectivity index (χ1) is 18.7. The van der Waals surface area contributed by atoms with Crippen LogP contribution >= 0.6 is 11.3 Å². The number of aromatic nitrogens is 1. The number of amides is 1. The van der Waals surface area contributed by atoms with Crippen LogP contribution in [0.3, 0.4) is 0 Å². The van der Waals surface area contributed by atoms with Crippen LogP contribution in [0.25, 0.3) is 32.6 Å². The van der Waals surface area contributed by atoms with Crippen molar-refractivity contribution in [3.8, 4) is 33.9 Å². The van der Waals surface area contributed by atoms with E-state index in [0.29, 0.717) is 22.0 Å². The summed E-state index contributed by atoms with van der Waals surface area (Å²) >= 11 is 1.30. The Labute approximate surface area is 224 Å². The summed E-state index contributed by atoms with van der Waals surface area (Å²) in [6.45, 7) is 0. The first-order valence-electron chi connectivity index (χ1n) is 12.1. The second-order valence-corrected chi connectivity index (χ2v) is 9.70. The number of nitrogens with zero attached hydrogens (tertiary/aromatic N) is 1. The maximum Gasteiger partial charge on any atom is 0.267 e. The number of thiophene rings is 1. The molecule has 5 nitrogen and oxygen atoms in total. The minimum absolute atomic E-state index is 0.275. The lowest BCUT2D eigenvalue weighted by Crippen LogP contribution is -2.11. The Morgan fingerprint density at radius 1 is 0.737 bits per heavy atom. The zero-order valence-electron chi connectivity index (χ0n) is 20.3. The summed E-state index contributed by atoms with van der Waals surface area (Å²) in [6.07, 6.45) is 0. The highest BCUT2D eigenvalue weighted by molar-refractivity contribution is 7.21. The molecule has 6 heteroatoms. The summed E-state index contributed by atoms with van der Waals surface area (Å²) in [5, 5.41) is 3.75. The van der Waals surface area contributed by atoms with E-state index in [-0.39, 0.29) is 5.91 Å². The van der Waals surface area contributed by atoms with Crippen LogP contribution in [0.4, 0.5) is 11.4 Å². The molecule has 2 aromatic heterocycles. The Morgan fingerprint density at radius 3 is 1.97 bits per heavy atom. The third-order valence-corrected chi connectivity index (χ3v) is 7.25. The fourth-order valence-corrected chi connectivity index (χ4v) is 5.33. The van der Waals surface area contributed by atoms with E-state index in [0.717, 1.165) is 38.4 Å². The molecule has 6 aromatic rings. The number of carbonyl (C=O) groups is 1. The van der Waals surface area contributed by atoms with Crippen molar-refractivity contribution in [1.82, 2.24) is 4.98 Å². The molecule has 0 saturated heterocycles. The van der Waals surface area contributed by atoms with Gasteiger partial charge >= 0.3 is 0 Å². The summed E-state index contributed by atoms with van der Waals surface area (Å²) in [6, 6.07) is 38.9. The van der Waals surface area contributed by atoms with E-state index in [4.69, 9.17) is 15.5 Å². The van der Waals surface area contributed by atoms with Gasteiger partial charge in [0.2, 0.25) is 0 Å². The number of benzene rings is 4. The second kappa shape index (κ2) is 10.2. The largest absolute Gasteiger partial charge is 0.457 e. The van der Waals surface area contributed by atoms with Gasteiger partial charge in [-0.2, -0.15) is 0 Å². The minimum atomic E-state index is -0.275. The summed E-state index contributed by atoms with van der Waals surface area (Å²) in [5.74, 6) is 1.15. The van der Waals surface area contributed by atoms with E-state index >= 15 is 0 Å². The number of nitrogen functional groups attached to an aromatic ring is 1. The molecule has 184 valence electrons. The number of hydrogen-bond donors (Lipinski definition) is 2. The minimum Gasteiger partial charge on any atom is -0.457 e. The van der Waals surface area contributed by atoms with Crippen LogP contribution in [-0.4, -0.2) is 10.9 Å². The number of nitrogens with one attached hydrogen (secondary N) is 1. The molecule has 0 aliphatic heterocycles. The Balaban J connectivity index is 1.34. The average molecular weight is 514 g/mol. The zero-order chi connectivity index (χ0) is 25.9. The van der Waals surface area contributed by atoms with Gasteiger partial charge in [0.25, 0.3) is 5.91 Å². The Bertz CT molecular complexity index is 1720. The van der Waals surface area contributed by atoms with Gasteiger partial charge in [-0.1, -0.05) is 78.9 Å². The lowest BCUT2D eigenvalue weighted by atomic mass is 9.99. The Kier molecular flexibility index (Phi) is 6.30. The van der Waals surface area contributed by atoms with E-state index < -0.39 is 0 Å². The van der Waals surface area contributed by atoms with Crippen LogP contribution in [-0.2, 0) is 0 Å². The van der Waals surface area contributed by atoms with Crippen molar-refractivity contribution < 1.29 is 9.53 Å². The molecule has 0 aliphatic carbocycles. The fourth-order valence-electron chi connectivity index (χ4n) is 4.31. The van der Waals surface area contributed by atoms with Gasteiger partial charge in [0, 0.05) is 16.6 Å². The molecule has 38 heavy (non-hydrogen) atoms. The topological polar surface area (TPSA) is 77.2 Å². The predicted molar refractivity (Wildman–Crippen MR) is 156 cm³/mol. The van der Waals surface area contributed by atoms with Gasteiger partial charge in [-0.3, -0.25) is 4.79 Å². The Morgan fingerprint density at radius 2 is 1.32 bits per heavy atom. The second-order valence-electron chi connectivity index (χ2n) is 8.71. The lowest BCUT2D eigenvalue weighted by Gasteiger charge is -2.09. The van der Waals surface area contributed by atoms with Gasteiger partial charge in [0.05, 0.1) is 11.4 Å². The molecule has 0 spiro atoms. The van der Waals surface area contributed by atoms with Crippen molar-refractivity contribution >= 4 is 38.8 Å². The number of anilines is 2. The lowest BCUT2D eigenvalue weighted by molar-refractivity contribution is 0.103. The van der Waals surface area contributed by atoms with E-state index in [1.807, 2.05) is 109 Å². The van der Waals surface area contributed by atoms with Crippen LogP contribution < -0.4 is 15.8 Å². The standard InChI is InChI=1S/C32H23N3O2S/c33-29-28-26(21-10-4-1-5-11-21)20-27(22-12-6-2-7-13-22)35-32(28)38-30(29)31(36)34-23-16-18-25(19-17-23)37-24-14-8-3-9-15-24/h1-20H,33H2,(H,34,36). The number of para-hydroxylation sites is 1. The van der Waals surface area contributed by atoms with E-state index in [9.17, 15) is 4.79 Å². The number of ether oxygens (including phenoxy) is 1. The number of hydrogen-bond acceptors (Lipinski definition) is 5. The van der Waals surface area contributed by atoms with Gasteiger partial charge in [0.1, 0.15) is 21.2 Å². The first kappa shape index (κ1) is 23.5. The van der Waals surface area contributed by atoms with Crippen molar-refractivity contribution in [3.63, 3.8) is 0 Å². The molecule has 1 amide bonds. The van der Waals surface area contributed by atoms with Gasteiger partial charge in [0.15, 0.2) is 0 Å². The van der Waals surface area contributed by atoms with Crippen LogP contribution in [0, 0.1) is 0 Å². The maximum absolute atomic E-state index is 13.3. The molecule has 0 fully saturated rings. The van der Waals surface area contributed by atoms with Crippen molar-refractivity contribution in [3.05, 3.63) is 126 Å². The van der Waals surface area contributed by atoms with Gasteiger partial charge in [-0.25, -0.2) is 4.98 Å². The predicted octanol–water partition coefficient (Wildman–Crippen LogP) is 8.26. The molecule has 6 rings (SSSR count). The Hall–Kier alpha value is -4.94. The third-order valence-electron chi connectivity index (χ3n) is 6.15. The van der Waals surface area contributed by atoms with Crippen LogP contribution in [0.15, 0.2) is 121 Å². The zero-order valence-corrected chi connectivity index (χ0v) is 21.1. The highest BCUT2D eigenvalue weighted by atomic mass is 32.1. The van der Waals surface area contributed by atoms with Crippen molar-refractivity contribution in [2.45, 2.75) is 0 Å². The number of nitrogens with two attached hydrogens (primary N) is 1.